The molecule has 140 valence electrons. The van der Waals surface area contributed by atoms with Crippen molar-refractivity contribution >= 4 is 22.9 Å². The van der Waals surface area contributed by atoms with E-state index in [1.807, 2.05) is 30.3 Å². The molecule has 28 heavy (non-hydrogen) atoms. The van der Waals surface area contributed by atoms with E-state index < -0.39 is 0 Å². The highest BCUT2D eigenvalue weighted by Gasteiger charge is 2.14. The van der Waals surface area contributed by atoms with Crippen molar-refractivity contribution in [1.82, 2.24) is 15.0 Å². The molecule has 0 atom stereocenters. The van der Waals surface area contributed by atoms with Crippen LogP contribution in [0.1, 0.15) is 11.6 Å². The molecule has 8 nitrogen and oxygen atoms in total. The number of ether oxygens (including phenoxy) is 1. The van der Waals surface area contributed by atoms with Crippen LogP contribution in [0.3, 0.4) is 0 Å². The molecule has 0 aliphatic rings. The Labute approximate surface area is 159 Å². The van der Waals surface area contributed by atoms with E-state index in [0.29, 0.717) is 33.9 Å². The van der Waals surface area contributed by atoms with E-state index in [9.17, 15) is 4.79 Å². The summed E-state index contributed by atoms with van der Waals surface area (Å²) in [6, 6.07) is 14.5. The number of nitrogens with two attached hydrogens (primary N) is 2. The van der Waals surface area contributed by atoms with Crippen molar-refractivity contribution in [3.8, 4) is 16.9 Å². The first-order chi connectivity index (χ1) is 13.5. The highest BCUT2D eigenvalue weighted by molar-refractivity contribution is 5.83. The van der Waals surface area contributed by atoms with Gasteiger partial charge in [0.2, 0.25) is 17.3 Å². The molecule has 4 rings (SSSR count). The number of fused-ring (bicyclic) bond motifs is 1. The monoisotopic (exact) mass is 375 g/mol. The van der Waals surface area contributed by atoms with Gasteiger partial charge in [-0.2, -0.15) is 15.0 Å². The summed E-state index contributed by atoms with van der Waals surface area (Å²) < 4.78 is 11.6. The van der Waals surface area contributed by atoms with Gasteiger partial charge in [0.1, 0.15) is 23.7 Å². The fourth-order valence-electron chi connectivity index (χ4n) is 2.98. The Balaban J connectivity index is 1.67. The third-order valence-electron chi connectivity index (χ3n) is 4.19. The Bertz CT molecular complexity index is 1200. The number of nitrogen functional groups attached to an aromatic ring is 2. The molecule has 0 radical (unpaired) electrons. The van der Waals surface area contributed by atoms with Crippen LogP contribution in [0.2, 0.25) is 0 Å². The summed E-state index contributed by atoms with van der Waals surface area (Å²) in [7, 11) is 0. The lowest BCUT2D eigenvalue weighted by atomic mass is 10.0. The molecule has 8 heteroatoms. The Kier molecular flexibility index (Phi) is 4.36. The molecule has 0 saturated heterocycles. The van der Waals surface area contributed by atoms with Crippen LogP contribution in [0.4, 0.5) is 11.9 Å². The molecule has 0 aliphatic carbocycles. The van der Waals surface area contributed by atoms with Gasteiger partial charge in [-0.05, 0) is 24.6 Å². The van der Waals surface area contributed by atoms with Gasteiger partial charge in [0.15, 0.2) is 5.82 Å². The minimum absolute atomic E-state index is 0.0275. The van der Waals surface area contributed by atoms with Crippen LogP contribution in [0.25, 0.3) is 22.1 Å². The molecule has 2 aromatic carbocycles. The van der Waals surface area contributed by atoms with Crippen LogP contribution in [0, 0.1) is 6.92 Å². The summed E-state index contributed by atoms with van der Waals surface area (Å²) >= 11 is 0. The molecule has 2 aromatic heterocycles. The van der Waals surface area contributed by atoms with Crippen molar-refractivity contribution in [2.45, 2.75) is 13.5 Å². The summed E-state index contributed by atoms with van der Waals surface area (Å²) in [5.74, 6) is 1.40. The van der Waals surface area contributed by atoms with E-state index in [1.54, 1.807) is 25.1 Å². The molecule has 4 N–H and O–H groups in total. The van der Waals surface area contributed by atoms with Gasteiger partial charge in [-0.25, -0.2) is 0 Å². The average Bonchev–Trinajstić information content (AvgIpc) is 2.66. The lowest BCUT2D eigenvalue weighted by molar-refractivity contribution is 0.296. The minimum Gasteiger partial charge on any atom is -0.485 e. The molecule has 2 heterocycles. The number of aromatic nitrogens is 3. The van der Waals surface area contributed by atoms with Crippen molar-refractivity contribution in [2.24, 2.45) is 0 Å². The second-order valence-electron chi connectivity index (χ2n) is 6.14. The van der Waals surface area contributed by atoms with Gasteiger partial charge < -0.3 is 20.6 Å². The first-order valence-corrected chi connectivity index (χ1v) is 8.53. The van der Waals surface area contributed by atoms with Crippen LogP contribution >= 0.6 is 0 Å². The minimum atomic E-state index is -0.0884. The van der Waals surface area contributed by atoms with Gasteiger partial charge in [0, 0.05) is 6.07 Å². The molecule has 0 spiro atoms. The van der Waals surface area contributed by atoms with Gasteiger partial charge in [-0.15, -0.1) is 0 Å². The number of anilines is 2. The molecule has 0 aliphatic heterocycles. The van der Waals surface area contributed by atoms with Crippen LogP contribution in [0.5, 0.6) is 5.75 Å². The van der Waals surface area contributed by atoms with E-state index in [2.05, 4.69) is 15.0 Å². The Morgan fingerprint density at radius 3 is 2.43 bits per heavy atom. The summed E-state index contributed by atoms with van der Waals surface area (Å²) in [4.78, 5) is 24.6. The maximum absolute atomic E-state index is 13.0. The predicted molar refractivity (Wildman–Crippen MR) is 106 cm³/mol. The quantitative estimate of drug-likeness (QED) is 0.557. The molecule has 0 amide bonds. The smallest absolute Gasteiger partial charge is 0.225 e. The molecule has 0 fully saturated rings. The maximum Gasteiger partial charge on any atom is 0.225 e. The number of benzene rings is 2. The van der Waals surface area contributed by atoms with Crippen LogP contribution < -0.4 is 21.6 Å². The topological polar surface area (TPSA) is 130 Å². The van der Waals surface area contributed by atoms with Gasteiger partial charge in [0.25, 0.3) is 0 Å². The Morgan fingerprint density at radius 2 is 1.71 bits per heavy atom. The first-order valence-electron chi connectivity index (χ1n) is 8.53. The number of rotatable bonds is 4. The fraction of sp³-hybridized carbons (Fsp3) is 0.100. The van der Waals surface area contributed by atoms with E-state index in [1.165, 1.54) is 0 Å². The number of aryl methyl sites for hydroxylation is 1. The normalized spacial score (nSPS) is 10.9. The predicted octanol–water partition coefficient (Wildman–Crippen LogP) is 2.70. The number of nitrogens with zero attached hydrogens (tertiary/aromatic N) is 3. The standard InChI is InChI=1S/C20H17N5O3/c1-11-17(12-5-3-2-4-6-12)18(26)14-8-7-13(9-15(14)28-11)27-10-16-23-19(21)25-20(22)24-16/h2-9H,10H2,1H3,(H4,21,22,23,24,25). The third kappa shape index (κ3) is 3.35. The van der Waals surface area contributed by atoms with Crippen molar-refractivity contribution in [3.63, 3.8) is 0 Å². The first kappa shape index (κ1) is 17.5. The van der Waals surface area contributed by atoms with E-state index in [-0.39, 0.29) is 23.9 Å². The Hall–Kier alpha value is -3.94. The molecule has 0 bridgehead atoms. The third-order valence-corrected chi connectivity index (χ3v) is 4.19. The van der Waals surface area contributed by atoms with Crippen molar-refractivity contribution in [2.75, 3.05) is 11.5 Å². The van der Waals surface area contributed by atoms with Gasteiger partial charge in [-0.1, -0.05) is 30.3 Å². The molecular weight excluding hydrogens is 358 g/mol. The number of hydrogen-bond acceptors (Lipinski definition) is 8. The second kappa shape index (κ2) is 6.99. The van der Waals surface area contributed by atoms with Crippen molar-refractivity contribution in [1.29, 1.82) is 0 Å². The SMILES string of the molecule is Cc1oc2cc(OCc3nc(N)nc(N)n3)ccc2c(=O)c1-c1ccccc1. The highest BCUT2D eigenvalue weighted by Crippen LogP contribution is 2.26. The maximum atomic E-state index is 13.0. The second-order valence-corrected chi connectivity index (χ2v) is 6.14. The van der Waals surface area contributed by atoms with Crippen molar-refractivity contribution < 1.29 is 9.15 Å². The van der Waals surface area contributed by atoms with Crippen LogP contribution in [-0.2, 0) is 6.61 Å². The van der Waals surface area contributed by atoms with E-state index >= 15 is 0 Å². The number of hydrogen-bond donors (Lipinski definition) is 2. The van der Waals surface area contributed by atoms with E-state index in [4.69, 9.17) is 20.6 Å². The van der Waals surface area contributed by atoms with Crippen LogP contribution in [0.15, 0.2) is 57.7 Å². The zero-order chi connectivity index (χ0) is 19.7. The molecular formula is C20H17N5O3. The van der Waals surface area contributed by atoms with Crippen molar-refractivity contribution in [3.05, 3.63) is 70.3 Å². The zero-order valence-electron chi connectivity index (χ0n) is 15.0. The van der Waals surface area contributed by atoms with Gasteiger partial charge >= 0.3 is 0 Å². The molecule has 4 aromatic rings. The van der Waals surface area contributed by atoms with E-state index in [0.717, 1.165) is 5.56 Å². The summed E-state index contributed by atoms with van der Waals surface area (Å²) in [5, 5.41) is 0.477. The lowest BCUT2D eigenvalue weighted by Gasteiger charge is -2.09. The average molecular weight is 375 g/mol. The van der Waals surface area contributed by atoms with Gasteiger partial charge in [-0.3, -0.25) is 4.79 Å². The largest absolute Gasteiger partial charge is 0.485 e. The highest BCUT2D eigenvalue weighted by atomic mass is 16.5. The lowest BCUT2D eigenvalue weighted by Crippen LogP contribution is -2.09. The summed E-state index contributed by atoms with van der Waals surface area (Å²) in [6.45, 7) is 1.82. The molecule has 0 unspecified atom stereocenters. The fourth-order valence-corrected chi connectivity index (χ4v) is 2.98. The summed E-state index contributed by atoms with van der Waals surface area (Å²) in [6.07, 6.45) is 0. The van der Waals surface area contributed by atoms with Gasteiger partial charge in [0.05, 0.1) is 10.9 Å². The zero-order valence-corrected chi connectivity index (χ0v) is 15.0. The molecule has 0 saturated carbocycles. The Morgan fingerprint density at radius 1 is 1.00 bits per heavy atom. The van der Waals surface area contributed by atoms with Crippen LogP contribution in [-0.4, -0.2) is 15.0 Å². The summed E-state index contributed by atoms with van der Waals surface area (Å²) in [5.41, 5.74) is 12.8.